The predicted octanol–water partition coefficient (Wildman–Crippen LogP) is 3.59. The molecular weight excluding hydrogens is 284 g/mol. The highest BCUT2D eigenvalue weighted by molar-refractivity contribution is 6.31. The fourth-order valence-corrected chi connectivity index (χ4v) is 2.24. The van der Waals surface area contributed by atoms with E-state index in [9.17, 15) is 4.79 Å². The average molecular weight is 303 g/mol. The van der Waals surface area contributed by atoms with Crippen molar-refractivity contribution in [2.75, 3.05) is 25.0 Å². The number of benzene rings is 2. The molecule has 2 rings (SSSR count). The van der Waals surface area contributed by atoms with E-state index in [2.05, 4.69) is 17.6 Å². The van der Waals surface area contributed by atoms with Gasteiger partial charge in [0.05, 0.1) is 0 Å². The molecule has 0 fully saturated rings. The fourth-order valence-electron chi connectivity index (χ4n) is 2.07. The molecule has 0 heterocycles. The number of hydrogen-bond acceptors (Lipinski definition) is 3. The van der Waals surface area contributed by atoms with Crippen LogP contribution in [0.25, 0.3) is 0 Å². The van der Waals surface area contributed by atoms with E-state index in [0.717, 1.165) is 25.3 Å². The molecule has 0 aliphatic heterocycles. The van der Waals surface area contributed by atoms with E-state index < -0.39 is 0 Å². The number of likely N-dealkylation sites (N-methyl/N-ethyl adjacent to an activating group) is 1. The van der Waals surface area contributed by atoms with Crippen LogP contribution in [0.4, 0.5) is 5.69 Å². The van der Waals surface area contributed by atoms with Gasteiger partial charge in [0, 0.05) is 34.9 Å². The molecule has 2 aromatic carbocycles. The number of rotatable bonds is 7. The van der Waals surface area contributed by atoms with Gasteiger partial charge in [-0.05, 0) is 24.7 Å². The van der Waals surface area contributed by atoms with Crippen LogP contribution in [0.2, 0.25) is 5.02 Å². The van der Waals surface area contributed by atoms with Gasteiger partial charge in [0.15, 0.2) is 5.78 Å². The first kappa shape index (κ1) is 15.5. The summed E-state index contributed by atoms with van der Waals surface area (Å²) in [6.45, 7) is 4.59. The molecule has 0 radical (unpaired) electrons. The van der Waals surface area contributed by atoms with E-state index >= 15 is 0 Å². The second-order valence-electron chi connectivity index (χ2n) is 4.67. The van der Waals surface area contributed by atoms with Crippen molar-refractivity contribution in [1.29, 1.82) is 0 Å². The first-order chi connectivity index (χ1) is 10.2. The summed E-state index contributed by atoms with van der Waals surface area (Å²) >= 11 is 6.04. The molecule has 110 valence electrons. The Bertz CT molecular complexity index is 599. The maximum atomic E-state index is 12.6. The van der Waals surface area contributed by atoms with Gasteiger partial charge in [0.2, 0.25) is 0 Å². The van der Waals surface area contributed by atoms with Gasteiger partial charge in [-0.25, -0.2) is 0 Å². The summed E-state index contributed by atoms with van der Waals surface area (Å²) in [5, 5.41) is 7.08. The zero-order valence-electron chi connectivity index (χ0n) is 12.0. The summed E-state index contributed by atoms with van der Waals surface area (Å²) in [5.41, 5.74) is 2.07. The Kier molecular flexibility index (Phi) is 5.78. The van der Waals surface area contributed by atoms with Crippen molar-refractivity contribution >= 4 is 23.1 Å². The van der Waals surface area contributed by atoms with E-state index in [1.54, 1.807) is 12.1 Å². The second kappa shape index (κ2) is 7.81. The molecule has 0 bridgehead atoms. The Labute approximate surface area is 130 Å². The topological polar surface area (TPSA) is 41.1 Å². The number of carbonyl (C=O) groups is 1. The Hall–Kier alpha value is -1.84. The van der Waals surface area contributed by atoms with Gasteiger partial charge in [-0.2, -0.15) is 0 Å². The standard InChI is InChI=1S/C17H19ClN2O/c1-2-19-10-11-20-16-9-8-14(18)12-15(16)17(21)13-6-4-3-5-7-13/h3-9,12,19-20H,2,10-11H2,1H3. The van der Waals surface area contributed by atoms with Crippen molar-refractivity contribution in [2.24, 2.45) is 0 Å². The molecule has 2 N–H and O–H groups in total. The highest BCUT2D eigenvalue weighted by Gasteiger charge is 2.13. The Balaban J connectivity index is 2.21. The van der Waals surface area contributed by atoms with Crippen LogP contribution >= 0.6 is 11.6 Å². The average Bonchev–Trinajstić information content (AvgIpc) is 2.53. The molecule has 0 aliphatic rings. The third kappa shape index (κ3) is 4.31. The molecule has 0 unspecified atom stereocenters. The van der Waals surface area contributed by atoms with E-state index in [4.69, 9.17) is 11.6 Å². The molecule has 3 nitrogen and oxygen atoms in total. The van der Waals surface area contributed by atoms with Crippen LogP contribution in [0.5, 0.6) is 0 Å². The summed E-state index contributed by atoms with van der Waals surface area (Å²) in [6, 6.07) is 14.6. The van der Waals surface area contributed by atoms with Crippen LogP contribution in [-0.4, -0.2) is 25.4 Å². The number of carbonyl (C=O) groups excluding carboxylic acids is 1. The van der Waals surface area contributed by atoms with E-state index in [1.165, 1.54) is 0 Å². The molecule has 21 heavy (non-hydrogen) atoms. The summed E-state index contributed by atoms with van der Waals surface area (Å²) < 4.78 is 0. The number of anilines is 1. The largest absolute Gasteiger partial charge is 0.383 e. The van der Waals surface area contributed by atoms with Gasteiger partial charge in [-0.3, -0.25) is 4.79 Å². The second-order valence-corrected chi connectivity index (χ2v) is 5.10. The van der Waals surface area contributed by atoms with E-state index in [-0.39, 0.29) is 5.78 Å². The minimum Gasteiger partial charge on any atom is -0.383 e. The lowest BCUT2D eigenvalue weighted by Gasteiger charge is -2.12. The van der Waals surface area contributed by atoms with Crippen LogP contribution in [0.15, 0.2) is 48.5 Å². The maximum Gasteiger partial charge on any atom is 0.195 e. The maximum absolute atomic E-state index is 12.6. The highest BCUT2D eigenvalue weighted by atomic mass is 35.5. The number of nitrogens with one attached hydrogen (secondary N) is 2. The predicted molar refractivity (Wildman–Crippen MR) is 88.4 cm³/mol. The summed E-state index contributed by atoms with van der Waals surface area (Å²) in [4.78, 5) is 12.6. The molecule has 2 aromatic rings. The van der Waals surface area contributed by atoms with Gasteiger partial charge >= 0.3 is 0 Å². The zero-order valence-corrected chi connectivity index (χ0v) is 12.8. The first-order valence-corrected chi connectivity index (χ1v) is 7.44. The quantitative estimate of drug-likeness (QED) is 0.606. The van der Waals surface area contributed by atoms with Crippen molar-refractivity contribution in [3.8, 4) is 0 Å². The van der Waals surface area contributed by atoms with Crippen molar-refractivity contribution in [2.45, 2.75) is 6.92 Å². The van der Waals surface area contributed by atoms with Gasteiger partial charge in [-0.15, -0.1) is 0 Å². The normalized spacial score (nSPS) is 10.4. The van der Waals surface area contributed by atoms with Gasteiger partial charge in [0.25, 0.3) is 0 Å². The first-order valence-electron chi connectivity index (χ1n) is 7.06. The third-order valence-corrected chi connectivity index (χ3v) is 3.36. The smallest absolute Gasteiger partial charge is 0.195 e. The minimum absolute atomic E-state index is 0.0240. The van der Waals surface area contributed by atoms with Crippen LogP contribution in [-0.2, 0) is 0 Å². The summed E-state index contributed by atoms with van der Waals surface area (Å²) in [6.07, 6.45) is 0. The van der Waals surface area contributed by atoms with Gasteiger partial charge in [0.1, 0.15) is 0 Å². The van der Waals surface area contributed by atoms with Gasteiger partial charge < -0.3 is 10.6 Å². The molecule has 0 amide bonds. The van der Waals surface area contributed by atoms with E-state index in [1.807, 2.05) is 36.4 Å². The number of hydrogen-bond donors (Lipinski definition) is 2. The van der Waals surface area contributed by atoms with Crippen molar-refractivity contribution in [3.05, 3.63) is 64.7 Å². The van der Waals surface area contributed by atoms with E-state index in [0.29, 0.717) is 16.1 Å². The van der Waals surface area contributed by atoms with Crippen molar-refractivity contribution in [1.82, 2.24) is 5.32 Å². The Morgan fingerprint density at radius 3 is 2.57 bits per heavy atom. The highest BCUT2D eigenvalue weighted by Crippen LogP contribution is 2.23. The molecular formula is C17H19ClN2O. The zero-order chi connectivity index (χ0) is 15.1. The van der Waals surface area contributed by atoms with Crippen molar-refractivity contribution in [3.63, 3.8) is 0 Å². The van der Waals surface area contributed by atoms with Crippen molar-refractivity contribution < 1.29 is 4.79 Å². The summed E-state index contributed by atoms with van der Waals surface area (Å²) in [7, 11) is 0. The lowest BCUT2D eigenvalue weighted by molar-refractivity contribution is 0.103. The monoisotopic (exact) mass is 302 g/mol. The molecule has 0 aliphatic carbocycles. The lowest BCUT2D eigenvalue weighted by atomic mass is 10.0. The number of halogens is 1. The lowest BCUT2D eigenvalue weighted by Crippen LogP contribution is -2.22. The summed E-state index contributed by atoms with van der Waals surface area (Å²) in [5.74, 6) is -0.0240. The molecule has 4 heteroatoms. The number of ketones is 1. The van der Waals surface area contributed by atoms with Crippen LogP contribution in [0, 0.1) is 0 Å². The molecule has 0 aromatic heterocycles. The Morgan fingerprint density at radius 2 is 1.86 bits per heavy atom. The fraction of sp³-hybridized carbons (Fsp3) is 0.235. The van der Waals surface area contributed by atoms with Crippen LogP contribution < -0.4 is 10.6 Å². The van der Waals surface area contributed by atoms with Gasteiger partial charge in [-0.1, -0.05) is 48.9 Å². The van der Waals surface area contributed by atoms with Crippen LogP contribution in [0.3, 0.4) is 0 Å². The molecule has 0 spiro atoms. The minimum atomic E-state index is -0.0240. The SMILES string of the molecule is CCNCCNc1ccc(Cl)cc1C(=O)c1ccccc1. The molecule has 0 saturated carbocycles. The molecule has 0 atom stereocenters. The third-order valence-electron chi connectivity index (χ3n) is 3.13. The molecule has 0 saturated heterocycles. The Morgan fingerprint density at radius 1 is 1.10 bits per heavy atom. The van der Waals surface area contributed by atoms with Crippen LogP contribution in [0.1, 0.15) is 22.8 Å².